The van der Waals surface area contributed by atoms with Crippen molar-refractivity contribution in [2.45, 2.75) is 19.9 Å². The van der Waals surface area contributed by atoms with Crippen molar-refractivity contribution in [1.82, 2.24) is 0 Å². The van der Waals surface area contributed by atoms with Crippen LogP contribution in [0.3, 0.4) is 0 Å². The first-order valence-corrected chi connectivity index (χ1v) is 12.6. The summed E-state index contributed by atoms with van der Waals surface area (Å²) in [6.07, 6.45) is 0. The highest BCUT2D eigenvalue weighted by Gasteiger charge is 1.98. The van der Waals surface area contributed by atoms with Crippen LogP contribution in [0, 0.1) is 0 Å². The number of benzene rings is 5. The van der Waals surface area contributed by atoms with Gasteiger partial charge in [0.05, 0.1) is 0 Å². The van der Waals surface area contributed by atoms with E-state index in [0.29, 0.717) is 6.04 Å². The fourth-order valence-electron chi connectivity index (χ4n) is 3.68. The third-order valence-corrected chi connectivity index (χ3v) is 5.41. The fourth-order valence-corrected chi connectivity index (χ4v) is 3.68. The van der Waals surface area contributed by atoms with Gasteiger partial charge in [-0.25, -0.2) is 0 Å². The standard InChI is InChI=1S/C18H16N2.C15H18N2.2S/c1-3-7-15(8-4-1)19-17-11-13-18(14-12-17)20-16-9-5-2-6-10-16;1-12(2)16-14-8-10-15(11-9-14)17-13-6-4-3-5-7-13;;/h1-14,19-20H;3-12,16-17H,1-2H3;;. The average molecular weight is 551 g/mol. The number of para-hydroxylation sites is 3. The van der Waals surface area contributed by atoms with Crippen molar-refractivity contribution in [2.75, 3.05) is 21.3 Å². The second-order valence-electron chi connectivity index (χ2n) is 8.93. The molecule has 0 atom stereocenters. The minimum atomic E-state index is 0. The van der Waals surface area contributed by atoms with Crippen molar-refractivity contribution in [2.24, 2.45) is 0 Å². The van der Waals surface area contributed by atoms with E-state index in [1.165, 1.54) is 0 Å². The van der Waals surface area contributed by atoms with Gasteiger partial charge in [-0.2, -0.15) is 0 Å². The lowest BCUT2D eigenvalue weighted by Crippen LogP contribution is -2.09. The van der Waals surface area contributed by atoms with Gasteiger partial charge in [0.15, 0.2) is 0 Å². The van der Waals surface area contributed by atoms with Gasteiger partial charge in [0.1, 0.15) is 0 Å². The molecule has 0 heterocycles. The first kappa shape index (κ1) is 31.2. The molecule has 0 bridgehead atoms. The largest absolute Gasteiger partial charge is 0.383 e. The summed E-state index contributed by atoms with van der Waals surface area (Å²) >= 11 is 0. The number of nitrogens with one attached hydrogen (secondary N) is 4. The molecule has 0 aliphatic heterocycles. The number of hydrogen-bond donors (Lipinski definition) is 4. The SMILES string of the molecule is CC(C)Nc1ccc(Nc2ccccc2)cc1.[S].[S].c1ccc(Nc2ccc(Nc3ccccc3)cc2)cc1. The normalized spacial score (nSPS) is 9.62. The Morgan fingerprint density at radius 1 is 0.333 bits per heavy atom. The second kappa shape index (κ2) is 16.8. The summed E-state index contributed by atoms with van der Waals surface area (Å²) in [7, 11) is 0. The van der Waals surface area contributed by atoms with Crippen LogP contribution in [-0.2, 0) is 0 Å². The molecule has 0 spiro atoms. The molecule has 5 rings (SSSR count). The minimum absolute atomic E-state index is 0. The van der Waals surface area contributed by atoms with Gasteiger partial charge in [-0.3, -0.25) is 0 Å². The quantitative estimate of drug-likeness (QED) is 0.155. The second-order valence-corrected chi connectivity index (χ2v) is 8.93. The zero-order valence-electron chi connectivity index (χ0n) is 22.2. The van der Waals surface area contributed by atoms with Gasteiger partial charge in [0.2, 0.25) is 0 Å². The Kier molecular flexibility index (Phi) is 13.4. The first-order valence-electron chi connectivity index (χ1n) is 12.6. The lowest BCUT2D eigenvalue weighted by atomic mass is 10.2. The van der Waals surface area contributed by atoms with E-state index < -0.39 is 0 Å². The molecule has 0 fully saturated rings. The van der Waals surface area contributed by atoms with Crippen LogP contribution >= 0.6 is 27.0 Å². The third kappa shape index (κ3) is 11.1. The van der Waals surface area contributed by atoms with E-state index in [1.54, 1.807) is 0 Å². The highest BCUT2D eigenvalue weighted by atomic mass is 32.1. The van der Waals surface area contributed by atoms with Crippen LogP contribution in [0.1, 0.15) is 13.8 Å². The van der Waals surface area contributed by atoms with Gasteiger partial charge in [-0.05, 0) is 98.8 Å². The molecule has 0 saturated carbocycles. The van der Waals surface area contributed by atoms with Crippen LogP contribution in [0.15, 0.2) is 140 Å². The number of hydrogen-bond acceptors (Lipinski definition) is 4. The minimum Gasteiger partial charge on any atom is -0.383 e. The molecule has 0 unspecified atom stereocenters. The van der Waals surface area contributed by atoms with Crippen LogP contribution < -0.4 is 21.3 Å². The summed E-state index contributed by atoms with van der Waals surface area (Å²) in [6.45, 7) is 4.27. The number of rotatable bonds is 8. The lowest BCUT2D eigenvalue weighted by Gasteiger charge is -2.11. The Morgan fingerprint density at radius 3 is 0.821 bits per heavy atom. The van der Waals surface area contributed by atoms with Crippen LogP contribution in [0.25, 0.3) is 0 Å². The zero-order chi connectivity index (χ0) is 25.7. The Hall–Kier alpha value is -4.00. The summed E-state index contributed by atoms with van der Waals surface area (Å²) in [4.78, 5) is 0. The molecule has 5 aromatic rings. The number of anilines is 7. The maximum Gasteiger partial charge on any atom is 0.0385 e. The predicted octanol–water partition coefficient (Wildman–Crippen LogP) is 10.7. The van der Waals surface area contributed by atoms with Crippen molar-refractivity contribution >= 4 is 66.8 Å². The van der Waals surface area contributed by atoms with Gasteiger partial charge in [0.25, 0.3) is 0 Å². The monoisotopic (exact) mass is 550 g/mol. The molecule has 4 nitrogen and oxygen atoms in total. The van der Waals surface area contributed by atoms with Crippen LogP contribution in [-0.4, -0.2) is 6.04 Å². The Bertz CT molecular complexity index is 1250. The van der Waals surface area contributed by atoms with E-state index in [1.807, 2.05) is 54.6 Å². The van der Waals surface area contributed by atoms with Crippen molar-refractivity contribution in [3.63, 3.8) is 0 Å². The van der Waals surface area contributed by atoms with E-state index in [9.17, 15) is 0 Å². The van der Waals surface area contributed by atoms with E-state index in [4.69, 9.17) is 0 Å². The molecule has 4 N–H and O–H groups in total. The smallest absolute Gasteiger partial charge is 0.0385 e. The third-order valence-electron chi connectivity index (χ3n) is 5.41. The van der Waals surface area contributed by atoms with Gasteiger partial charge in [-0.15, -0.1) is 0 Å². The molecule has 198 valence electrons. The summed E-state index contributed by atoms with van der Waals surface area (Å²) in [5.41, 5.74) is 7.71. The Labute approximate surface area is 246 Å². The van der Waals surface area contributed by atoms with Crippen molar-refractivity contribution < 1.29 is 0 Å². The maximum absolute atomic E-state index is 3.37. The summed E-state index contributed by atoms with van der Waals surface area (Å²) in [5.74, 6) is 0. The summed E-state index contributed by atoms with van der Waals surface area (Å²) in [6, 6.07) is 47.6. The molecule has 6 heteroatoms. The van der Waals surface area contributed by atoms with E-state index in [0.717, 1.165) is 39.8 Å². The summed E-state index contributed by atoms with van der Waals surface area (Å²) < 4.78 is 0. The molecule has 0 saturated heterocycles. The molecule has 0 aliphatic carbocycles. The molecule has 0 aliphatic rings. The van der Waals surface area contributed by atoms with Crippen LogP contribution in [0.4, 0.5) is 39.8 Å². The Morgan fingerprint density at radius 2 is 0.564 bits per heavy atom. The van der Waals surface area contributed by atoms with Gasteiger partial charge >= 0.3 is 0 Å². The Balaban J connectivity index is 0.000000263. The highest BCUT2D eigenvalue weighted by Crippen LogP contribution is 2.21. The molecular formula is C33H34N4S2. The average Bonchev–Trinajstić information content (AvgIpc) is 2.93. The van der Waals surface area contributed by atoms with Crippen molar-refractivity contribution in [3.05, 3.63) is 140 Å². The lowest BCUT2D eigenvalue weighted by molar-refractivity contribution is 0.900. The van der Waals surface area contributed by atoms with Crippen molar-refractivity contribution in [1.29, 1.82) is 0 Å². The van der Waals surface area contributed by atoms with E-state index in [-0.39, 0.29) is 27.0 Å². The molecular weight excluding hydrogens is 517 g/mol. The van der Waals surface area contributed by atoms with Gasteiger partial charge in [0, 0.05) is 72.8 Å². The highest BCUT2D eigenvalue weighted by molar-refractivity contribution is 7.59. The maximum atomic E-state index is 3.37. The topological polar surface area (TPSA) is 48.1 Å². The zero-order valence-corrected chi connectivity index (χ0v) is 23.8. The molecule has 39 heavy (non-hydrogen) atoms. The van der Waals surface area contributed by atoms with Gasteiger partial charge in [-0.1, -0.05) is 54.6 Å². The first-order chi connectivity index (χ1) is 18.1. The van der Waals surface area contributed by atoms with Gasteiger partial charge < -0.3 is 21.3 Å². The predicted molar refractivity (Wildman–Crippen MR) is 176 cm³/mol. The molecule has 0 amide bonds. The van der Waals surface area contributed by atoms with E-state index in [2.05, 4.69) is 120 Å². The molecule has 5 aromatic carbocycles. The summed E-state index contributed by atoms with van der Waals surface area (Å²) in [5, 5.41) is 13.5. The fraction of sp³-hybridized carbons (Fsp3) is 0.0909. The molecule has 0 aromatic heterocycles. The molecule has 4 radical (unpaired) electrons. The van der Waals surface area contributed by atoms with Crippen molar-refractivity contribution in [3.8, 4) is 0 Å². The van der Waals surface area contributed by atoms with E-state index >= 15 is 0 Å². The van der Waals surface area contributed by atoms with Crippen LogP contribution in [0.2, 0.25) is 0 Å². The van der Waals surface area contributed by atoms with Crippen LogP contribution in [0.5, 0.6) is 0 Å².